The number of hydrogen-bond acceptors (Lipinski definition) is 1. The van der Waals surface area contributed by atoms with Crippen LogP contribution in [0.15, 0.2) is 23.8 Å². The lowest BCUT2D eigenvalue weighted by atomic mass is 9.95. The maximum absolute atomic E-state index is 5.18. The van der Waals surface area contributed by atoms with Crippen molar-refractivity contribution in [2.75, 3.05) is 0 Å². The van der Waals surface area contributed by atoms with Gasteiger partial charge in [-0.25, -0.2) is 0 Å². The summed E-state index contributed by atoms with van der Waals surface area (Å²) in [6, 6.07) is 0. The SMILES string of the molecule is CC(C)C1=CC=CCC1=S. The van der Waals surface area contributed by atoms with Crippen LogP contribution in [0.5, 0.6) is 0 Å². The van der Waals surface area contributed by atoms with Crippen LogP contribution in [0, 0.1) is 5.92 Å². The summed E-state index contributed by atoms with van der Waals surface area (Å²) < 4.78 is 0. The van der Waals surface area contributed by atoms with Gasteiger partial charge in [0.15, 0.2) is 0 Å². The molecule has 0 amide bonds. The molecule has 0 fully saturated rings. The van der Waals surface area contributed by atoms with E-state index in [1.807, 2.05) is 0 Å². The van der Waals surface area contributed by atoms with Crippen LogP contribution >= 0.6 is 12.2 Å². The molecule has 0 N–H and O–H groups in total. The van der Waals surface area contributed by atoms with Crippen molar-refractivity contribution in [1.82, 2.24) is 0 Å². The quantitative estimate of drug-likeness (QED) is 0.521. The Balaban J connectivity index is 2.80. The van der Waals surface area contributed by atoms with E-state index >= 15 is 0 Å². The van der Waals surface area contributed by atoms with Gasteiger partial charge in [-0.2, -0.15) is 0 Å². The third-order valence-electron chi connectivity index (χ3n) is 1.66. The monoisotopic (exact) mass is 152 g/mol. The van der Waals surface area contributed by atoms with Gasteiger partial charge in [0, 0.05) is 11.3 Å². The fraction of sp³-hybridized carbons (Fsp3) is 0.444. The van der Waals surface area contributed by atoms with E-state index in [2.05, 4.69) is 32.1 Å². The highest BCUT2D eigenvalue weighted by Gasteiger charge is 2.08. The zero-order valence-electron chi connectivity index (χ0n) is 6.42. The van der Waals surface area contributed by atoms with Crippen molar-refractivity contribution >= 4 is 17.1 Å². The molecule has 0 saturated carbocycles. The largest absolute Gasteiger partial charge is 0.0843 e. The van der Waals surface area contributed by atoms with Crippen molar-refractivity contribution in [2.45, 2.75) is 20.3 Å². The van der Waals surface area contributed by atoms with Gasteiger partial charge in [-0.05, 0) is 11.5 Å². The normalized spacial score (nSPS) is 17.9. The van der Waals surface area contributed by atoms with E-state index in [0.29, 0.717) is 5.92 Å². The molecular formula is C9H12S. The van der Waals surface area contributed by atoms with Gasteiger partial charge in [0.2, 0.25) is 0 Å². The molecular weight excluding hydrogens is 140 g/mol. The maximum atomic E-state index is 5.18. The minimum Gasteiger partial charge on any atom is -0.0843 e. The molecule has 0 aromatic rings. The average molecular weight is 152 g/mol. The van der Waals surface area contributed by atoms with E-state index in [9.17, 15) is 0 Å². The molecule has 0 heterocycles. The van der Waals surface area contributed by atoms with Crippen LogP contribution in [0.1, 0.15) is 20.3 Å². The Morgan fingerprint density at radius 2 is 2.20 bits per heavy atom. The second-order valence-corrected chi connectivity index (χ2v) is 3.32. The number of hydrogen-bond donors (Lipinski definition) is 0. The van der Waals surface area contributed by atoms with Gasteiger partial charge in [-0.3, -0.25) is 0 Å². The van der Waals surface area contributed by atoms with Crippen LogP contribution in [0.4, 0.5) is 0 Å². The summed E-state index contributed by atoms with van der Waals surface area (Å²) in [5, 5.41) is 0. The summed E-state index contributed by atoms with van der Waals surface area (Å²) >= 11 is 5.18. The molecule has 0 radical (unpaired) electrons. The molecule has 1 aliphatic rings. The molecule has 0 aliphatic heterocycles. The average Bonchev–Trinajstić information content (AvgIpc) is 1.88. The first-order chi connectivity index (χ1) is 4.72. The predicted octanol–water partition coefficient (Wildman–Crippen LogP) is 2.90. The number of rotatable bonds is 1. The van der Waals surface area contributed by atoms with Crippen LogP contribution in [-0.2, 0) is 0 Å². The van der Waals surface area contributed by atoms with Gasteiger partial charge in [0.1, 0.15) is 0 Å². The van der Waals surface area contributed by atoms with Gasteiger partial charge in [-0.15, -0.1) is 0 Å². The second kappa shape index (κ2) is 3.11. The Labute approximate surface area is 67.6 Å². The van der Waals surface area contributed by atoms with E-state index in [4.69, 9.17) is 12.2 Å². The van der Waals surface area contributed by atoms with E-state index in [1.54, 1.807) is 0 Å². The van der Waals surface area contributed by atoms with Crippen molar-refractivity contribution in [1.29, 1.82) is 0 Å². The summed E-state index contributed by atoms with van der Waals surface area (Å²) in [7, 11) is 0. The smallest absolute Gasteiger partial charge is 0.0224 e. The molecule has 1 heteroatoms. The van der Waals surface area contributed by atoms with Gasteiger partial charge in [0.05, 0.1) is 0 Å². The molecule has 0 spiro atoms. The summed E-state index contributed by atoms with van der Waals surface area (Å²) in [6.07, 6.45) is 7.27. The zero-order chi connectivity index (χ0) is 7.56. The van der Waals surface area contributed by atoms with Gasteiger partial charge in [-0.1, -0.05) is 44.3 Å². The van der Waals surface area contributed by atoms with Crippen LogP contribution in [0.3, 0.4) is 0 Å². The lowest BCUT2D eigenvalue weighted by Crippen LogP contribution is -2.06. The fourth-order valence-corrected chi connectivity index (χ4v) is 1.47. The summed E-state index contributed by atoms with van der Waals surface area (Å²) in [6.45, 7) is 4.36. The molecule has 1 aliphatic carbocycles. The van der Waals surface area contributed by atoms with Gasteiger partial charge < -0.3 is 0 Å². The first-order valence-electron chi connectivity index (χ1n) is 3.61. The second-order valence-electron chi connectivity index (χ2n) is 2.83. The lowest BCUT2D eigenvalue weighted by molar-refractivity contribution is 0.801. The zero-order valence-corrected chi connectivity index (χ0v) is 7.24. The number of thiocarbonyl (C=S) groups is 1. The van der Waals surface area contributed by atoms with E-state index < -0.39 is 0 Å². The van der Waals surface area contributed by atoms with E-state index in [1.165, 1.54) is 5.57 Å². The van der Waals surface area contributed by atoms with Crippen molar-refractivity contribution in [3.05, 3.63) is 23.8 Å². The molecule has 0 atom stereocenters. The molecule has 10 heavy (non-hydrogen) atoms. The van der Waals surface area contributed by atoms with Crippen molar-refractivity contribution in [3.63, 3.8) is 0 Å². The van der Waals surface area contributed by atoms with E-state index in [0.717, 1.165) is 11.3 Å². The Bertz CT molecular complexity index is 197. The highest BCUT2D eigenvalue weighted by Crippen LogP contribution is 2.17. The molecule has 0 bridgehead atoms. The number of allylic oxidation sites excluding steroid dienone is 4. The third-order valence-corrected chi connectivity index (χ3v) is 2.06. The van der Waals surface area contributed by atoms with Gasteiger partial charge >= 0.3 is 0 Å². The highest BCUT2D eigenvalue weighted by atomic mass is 32.1. The summed E-state index contributed by atoms with van der Waals surface area (Å²) in [5.41, 5.74) is 1.33. The molecule has 0 aromatic carbocycles. The van der Waals surface area contributed by atoms with Gasteiger partial charge in [0.25, 0.3) is 0 Å². The molecule has 0 saturated heterocycles. The van der Waals surface area contributed by atoms with Crippen molar-refractivity contribution < 1.29 is 0 Å². The maximum Gasteiger partial charge on any atom is 0.0224 e. The molecule has 1 rings (SSSR count). The molecule has 0 unspecified atom stereocenters. The Morgan fingerprint density at radius 3 is 2.60 bits per heavy atom. The first-order valence-corrected chi connectivity index (χ1v) is 4.02. The molecule has 54 valence electrons. The summed E-state index contributed by atoms with van der Waals surface area (Å²) in [4.78, 5) is 1.11. The predicted molar refractivity (Wildman–Crippen MR) is 49.3 cm³/mol. The molecule has 0 aromatic heterocycles. The standard InChI is InChI=1S/C9H12S/c1-7(2)8-5-3-4-6-9(8)10/h3-5,7H,6H2,1-2H3. The third kappa shape index (κ3) is 1.54. The highest BCUT2D eigenvalue weighted by molar-refractivity contribution is 7.80. The summed E-state index contributed by atoms with van der Waals surface area (Å²) in [5.74, 6) is 0.581. The van der Waals surface area contributed by atoms with Crippen molar-refractivity contribution in [2.24, 2.45) is 5.92 Å². The minimum absolute atomic E-state index is 0.581. The van der Waals surface area contributed by atoms with Crippen LogP contribution in [0.2, 0.25) is 0 Å². The topological polar surface area (TPSA) is 0 Å². The van der Waals surface area contributed by atoms with E-state index in [-0.39, 0.29) is 0 Å². The van der Waals surface area contributed by atoms with Crippen LogP contribution < -0.4 is 0 Å². The first kappa shape index (κ1) is 7.67. The Hall–Kier alpha value is -0.430. The van der Waals surface area contributed by atoms with Crippen molar-refractivity contribution in [3.8, 4) is 0 Å². The lowest BCUT2D eigenvalue weighted by Gasteiger charge is -2.13. The van der Waals surface area contributed by atoms with Crippen LogP contribution in [-0.4, -0.2) is 4.86 Å². The van der Waals surface area contributed by atoms with Crippen LogP contribution in [0.25, 0.3) is 0 Å². The fourth-order valence-electron chi connectivity index (χ4n) is 1.07. The minimum atomic E-state index is 0.581. The Morgan fingerprint density at radius 1 is 1.50 bits per heavy atom. The molecule has 0 nitrogen and oxygen atoms in total. The Kier molecular flexibility index (Phi) is 2.39.